The molecule has 1 fully saturated rings. The van der Waals surface area contributed by atoms with E-state index in [1.165, 1.54) is 0 Å². The van der Waals surface area contributed by atoms with E-state index in [2.05, 4.69) is 10.3 Å². The predicted octanol–water partition coefficient (Wildman–Crippen LogP) is 6.53. The fourth-order valence-electron chi connectivity index (χ4n) is 4.92. The zero-order chi connectivity index (χ0) is 24.4. The Labute approximate surface area is 216 Å². The number of fused-ring (bicyclic) bond motifs is 1. The zero-order valence-electron chi connectivity index (χ0n) is 19.6. The van der Waals surface area contributed by atoms with Gasteiger partial charge in [0, 0.05) is 41.2 Å². The molecule has 184 valence electrons. The molecule has 0 amide bonds. The lowest BCUT2D eigenvalue weighted by molar-refractivity contribution is 0.102. The predicted molar refractivity (Wildman–Crippen MR) is 143 cm³/mol. The molecule has 5 nitrogen and oxygen atoms in total. The molecule has 0 atom stereocenters. The molecule has 8 heteroatoms. The number of benzene rings is 2. The van der Waals surface area contributed by atoms with E-state index in [-0.39, 0.29) is 10.7 Å². The van der Waals surface area contributed by atoms with E-state index in [0.717, 1.165) is 66.9 Å². The number of nitrogens with zero attached hydrogens (tertiary/aromatic N) is 2. The van der Waals surface area contributed by atoms with Crippen LogP contribution in [-0.4, -0.2) is 43.0 Å². The van der Waals surface area contributed by atoms with Crippen LogP contribution in [0.4, 0.5) is 0 Å². The number of hydrogen-bond donors (Lipinski definition) is 0. The van der Waals surface area contributed by atoms with Crippen molar-refractivity contribution in [1.82, 2.24) is 9.21 Å². The van der Waals surface area contributed by atoms with Crippen LogP contribution in [0.5, 0.6) is 0 Å². The molecular formula is C27H29ClN2O3S2. The Balaban J connectivity index is 1.39. The molecule has 5 rings (SSSR count). The van der Waals surface area contributed by atoms with Crippen molar-refractivity contribution in [3.05, 3.63) is 80.7 Å². The van der Waals surface area contributed by atoms with E-state index in [9.17, 15) is 13.2 Å². The van der Waals surface area contributed by atoms with Crippen LogP contribution in [0.15, 0.2) is 69.4 Å². The molecule has 2 aromatic carbocycles. The number of hydrogen-bond acceptors (Lipinski definition) is 5. The molecule has 2 aromatic rings. The molecule has 0 saturated carbocycles. The lowest BCUT2D eigenvalue weighted by atomic mass is 10.00. The average molecular weight is 529 g/mol. The molecule has 35 heavy (non-hydrogen) atoms. The molecule has 3 heterocycles. The molecule has 0 radical (unpaired) electrons. The van der Waals surface area contributed by atoms with Gasteiger partial charge in [-0.3, -0.25) is 4.79 Å². The minimum Gasteiger partial charge on any atom is -0.335 e. The van der Waals surface area contributed by atoms with Crippen molar-refractivity contribution in [3.8, 4) is 0 Å². The monoisotopic (exact) mass is 528 g/mol. The van der Waals surface area contributed by atoms with Crippen molar-refractivity contribution in [2.75, 3.05) is 19.6 Å². The Morgan fingerprint density at radius 2 is 1.49 bits per heavy atom. The van der Waals surface area contributed by atoms with Crippen LogP contribution in [0.25, 0.3) is 5.70 Å². The SMILES string of the molecule is O=C(C1=C2SC=C(c3ccc(Cl)cc3)N2CCCC1)c1ccc(S(=O)(=O)N2CCCCCC2)cc1. The number of Topliss-reactive ketones (excluding diaryl/α,β-unsaturated/α-hetero) is 1. The number of halogens is 1. The van der Waals surface area contributed by atoms with Crippen LogP contribution in [0.3, 0.4) is 0 Å². The molecule has 0 spiro atoms. The largest absolute Gasteiger partial charge is 0.335 e. The van der Waals surface area contributed by atoms with Crippen molar-refractivity contribution in [2.24, 2.45) is 0 Å². The maximum absolute atomic E-state index is 13.6. The summed E-state index contributed by atoms with van der Waals surface area (Å²) in [5.41, 5.74) is 3.50. The van der Waals surface area contributed by atoms with Gasteiger partial charge < -0.3 is 4.90 Å². The van der Waals surface area contributed by atoms with Crippen molar-refractivity contribution in [2.45, 2.75) is 49.8 Å². The highest BCUT2D eigenvalue weighted by Gasteiger charge is 2.31. The highest BCUT2D eigenvalue weighted by Crippen LogP contribution is 2.44. The number of carbonyl (C=O) groups is 1. The van der Waals surface area contributed by atoms with Gasteiger partial charge in [0.15, 0.2) is 5.78 Å². The van der Waals surface area contributed by atoms with Crippen molar-refractivity contribution in [3.63, 3.8) is 0 Å². The Hall–Kier alpha value is -2.06. The number of carbonyl (C=O) groups excluding carboxylic acids is 1. The van der Waals surface area contributed by atoms with Gasteiger partial charge >= 0.3 is 0 Å². The van der Waals surface area contributed by atoms with Crippen LogP contribution in [-0.2, 0) is 10.0 Å². The van der Waals surface area contributed by atoms with Gasteiger partial charge in [0.05, 0.1) is 15.6 Å². The number of rotatable bonds is 5. The first-order valence-electron chi connectivity index (χ1n) is 12.2. The number of ketones is 1. The van der Waals surface area contributed by atoms with Crippen LogP contribution >= 0.6 is 23.4 Å². The Kier molecular flexibility index (Phi) is 7.39. The summed E-state index contributed by atoms with van der Waals surface area (Å²) in [6, 6.07) is 14.3. The fraction of sp³-hybridized carbons (Fsp3) is 0.370. The van der Waals surface area contributed by atoms with E-state index >= 15 is 0 Å². The topological polar surface area (TPSA) is 57.7 Å². The molecule has 0 bridgehead atoms. The molecule has 0 aliphatic carbocycles. The molecular weight excluding hydrogens is 500 g/mol. The molecule has 0 N–H and O–H groups in total. The van der Waals surface area contributed by atoms with Crippen LogP contribution in [0.2, 0.25) is 5.02 Å². The maximum Gasteiger partial charge on any atom is 0.243 e. The van der Waals surface area contributed by atoms with E-state index < -0.39 is 10.0 Å². The van der Waals surface area contributed by atoms with Crippen molar-refractivity contribution in [1.29, 1.82) is 0 Å². The molecule has 3 aliphatic rings. The minimum atomic E-state index is -3.53. The second-order valence-electron chi connectivity index (χ2n) is 9.19. The number of sulfonamides is 1. The third-order valence-corrected chi connectivity index (χ3v) is 10.1. The van der Waals surface area contributed by atoms with E-state index in [1.54, 1.807) is 40.3 Å². The second kappa shape index (κ2) is 10.5. The number of thioether (sulfide) groups is 1. The Bertz CT molecular complexity index is 1260. The normalized spacial score (nSPS) is 19.7. The first-order chi connectivity index (χ1) is 16.9. The Morgan fingerprint density at radius 3 is 2.17 bits per heavy atom. The van der Waals surface area contributed by atoms with Crippen LogP contribution < -0.4 is 0 Å². The standard InChI is InChI=1S/C27H29ClN2O3S2/c28-22-12-8-20(9-13-22)25-19-34-27-24(7-3-6-18-30(25)27)26(31)21-10-14-23(15-11-21)35(32,33)29-16-4-1-2-5-17-29/h8-15,19H,1-7,16-18H2. The summed E-state index contributed by atoms with van der Waals surface area (Å²) in [7, 11) is -3.53. The maximum atomic E-state index is 13.6. The summed E-state index contributed by atoms with van der Waals surface area (Å²) in [4.78, 5) is 16.1. The molecule has 3 aliphatic heterocycles. The van der Waals surface area contributed by atoms with Crippen LogP contribution in [0, 0.1) is 0 Å². The highest BCUT2D eigenvalue weighted by molar-refractivity contribution is 8.06. The second-order valence-corrected chi connectivity index (χ2v) is 12.4. The van der Waals surface area contributed by atoms with Gasteiger partial charge in [-0.25, -0.2) is 8.42 Å². The summed E-state index contributed by atoms with van der Waals surface area (Å²) in [6.45, 7) is 1.99. The first kappa shape index (κ1) is 24.6. The zero-order valence-corrected chi connectivity index (χ0v) is 22.0. The van der Waals surface area contributed by atoms with Gasteiger partial charge in [0.1, 0.15) is 0 Å². The van der Waals surface area contributed by atoms with Gasteiger partial charge in [-0.2, -0.15) is 4.31 Å². The third-order valence-electron chi connectivity index (χ3n) is 6.87. The van der Waals surface area contributed by atoms with Gasteiger partial charge in [-0.15, -0.1) is 0 Å². The van der Waals surface area contributed by atoms with Crippen molar-refractivity contribution >= 4 is 44.9 Å². The summed E-state index contributed by atoms with van der Waals surface area (Å²) in [6.07, 6.45) is 6.59. The van der Waals surface area contributed by atoms with Crippen molar-refractivity contribution < 1.29 is 13.2 Å². The van der Waals surface area contributed by atoms with E-state index in [0.29, 0.717) is 30.1 Å². The quantitative estimate of drug-likeness (QED) is 0.413. The first-order valence-corrected chi connectivity index (χ1v) is 14.9. The van der Waals surface area contributed by atoms with Gasteiger partial charge in [-0.05, 0) is 74.1 Å². The van der Waals surface area contributed by atoms with Gasteiger partial charge in [-0.1, -0.05) is 48.3 Å². The van der Waals surface area contributed by atoms with E-state index in [4.69, 9.17) is 11.6 Å². The molecule has 0 unspecified atom stereocenters. The van der Waals surface area contributed by atoms with Gasteiger partial charge in [0.2, 0.25) is 10.0 Å². The summed E-state index contributed by atoms with van der Waals surface area (Å²) >= 11 is 7.67. The lowest BCUT2D eigenvalue weighted by Gasteiger charge is -2.23. The highest BCUT2D eigenvalue weighted by atomic mass is 35.5. The van der Waals surface area contributed by atoms with E-state index in [1.807, 2.05) is 24.3 Å². The average Bonchev–Trinajstić information content (AvgIpc) is 3.04. The molecule has 1 saturated heterocycles. The van der Waals surface area contributed by atoms with Gasteiger partial charge in [0.25, 0.3) is 0 Å². The number of allylic oxidation sites excluding steroid dienone is 1. The molecule has 0 aromatic heterocycles. The third kappa shape index (κ3) is 5.10. The smallest absolute Gasteiger partial charge is 0.243 e. The summed E-state index contributed by atoms with van der Waals surface area (Å²) < 4.78 is 27.8. The minimum absolute atomic E-state index is 0.0242. The lowest BCUT2D eigenvalue weighted by Crippen LogP contribution is -2.31. The van der Waals surface area contributed by atoms with Crippen LogP contribution in [0.1, 0.15) is 60.9 Å². The summed E-state index contributed by atoms with van der Waals surface area (Å²) in [5.74, 6) is -0.0242. The fourth-order valence-corrected chi connectivity index (χ4v) is 7.71. The summed E-state index contributed by atoms with van der Waals surface area (Å²) in [5, 5.41) is 3.79. The Morgan fingerprint density at radius 1 is 0.829 bits per heavy atom.